The summed E-state index contributed by atoms with van der Waals surface area (Å²) in [5, 5.41) is 20.8. The van der Waals surface area contributed by atoms with Gasteiger partial charge in [0.25, 0.3) is 0 Å². The molecule has 0 heterocycles. The number of rotatable bonds is 2. The molecule has 0 aromatic carbocycles. The molecule has 2 heteroatoms. The Balaban J connectivity index is 1.76. The number of aliphatic hydroxyl groups excluding tert-OH is 2. The van der Waals surface area contributed by atoms with Gasteiger partial charge in [0.1, 0.15) is 0 Å². The molecular formula is C25H40O2. The molecule has 0 aromatic heterocycles. The molecule has 0 aliphatic heterocycles. The highest BCUT2D eigenvalue weighted by atomic mass is 16.3. The Morgan fingerprint density at radius 3 is 2.59 bits per heavy atom. The van der Waals surface area contributed by atoms with Gasteiger partial charge in [0.05, 0.1) is 12.7 Å². The monoisotopic (exact) mass is 372 g/mol. The molecule has 3 fully saturated rings. The average Bonchev–Trinajstić information content (AvgIpc) is 3.07. The van der Waals surface area contributed by atoms with Gasteiger partial charge in [-0.25, -0.2) is 0 Å². The van der Waals surface area contributed by atoms with Gasteiger partial charge >= 0.3 is 0 Å². The maximum atomic E-state index is 10.7. The van der Waals surface area contributed by atoms with Crippen LogP contribution in [-0.4, -0.2) is 22.9 Å². The zero-order valence-electron chi connectivity index (χ0n) is 17.9. The Kier molecular flexibility index (Phi) is 4.91. The first-order chi connectivity index (χ1) is 12.7. The van der Waals surface area contributed by atoms with Crippen molar-refractivity contribution in [3.05, 3.63) is 23.8 Å². The number of hydrogen-bond donors (Lipinski definition) is 2. The van der Waals surface area contributed by atoms with Crippen molar-refractivity contribution < 1.29 is 10.2 Å². The first kappa shape index (κ1) is 19.7. The lowest BCUT2D eigenvalue weighted by molar-refractivity contribution is -0.0528. The average molecular weight is 373 g/mol. The Bertz CT molecular complexity index is 636. The van der Waals surface area contributed by atoms with Gasteiger partial charge < -0.3 is 10.2 Å². The van der Waals surface area contributed by atoms with Crippen molar-refractivity contribution in [2.45, 2.75) is 78.7 Å². The van der Waals surface area contributed by atoms with Crippen LogP contribution >= 0.6 is 0 Å². The molecule has 27 heavy (non-hydrogen) atoms. The minimum absolute atomic E-state index is 0.111. The van der Waals surface area contributed by atoms with E-state index >= 15 is 0 Å². The van der Waals surface area contributed by atoms with Crippen molar-refractivity contribution in [2.75, 3.05) is 6.61 Å². The van der Waals surface area contributed by atoms with E-state index in [1.165, 1.54) is 37.7 Å². The van der Waals surface area contributed by atoms with E-state index < -0.39 is 0 Å². The summed E-state index contributed by atoms with van der Waals surface area (Å²) in [6, 6.07) is 0. The van der Waals surface area contributed by atoms with Gasteiger partial charge in [-0.1, -0.05) is 39.0 Å². The van der Waals surface area contributed by atoms with E-state index in [0.717, 1.165) is 24.3 Å². The van der Waals surface area contributed by atoms with Crippen LogP contribution in [0.15, 0.2) is 23.8 Å². The van der Waals surface area contributed by atoms with Gasteiger partial charge in [0, 0.05) is 5.92 Å². The fourth-order valence-electron chi connectivity index (χ4n) is 8.12. The molecule has 0 unspecified atom stereocenters. The van der Waals surface area contributed by atoms with Crippen LogP contribution in [0, 0.1) is 46.3 Å². The van der Waals surface area contributed by atoms with E-state index in [2.05, 4.69) is 40.3 Å². The zero-order valence-corrected chi connectivity index (χ0v) is 17.9. The molecule has 152 valence electrons. The Labute approximate surface area is 166 Å². The largest absolute Gasteiger partial charge is 0.392 e. The normalized spacial score (nSPS) is 54.1. The summed E-state index contributed by atoms with van der Waals surface area (Å²) >= 11 is 0. The maximum absolute atomic E-state index is 10.7. The number of allylic oxidation sites excluding steroid dienone is 2. The van der Waals surface area contributed by atoms with Crippen molar-refractivity contribution in [2.24, 2.45) is 46.3 Å². The van der Waals surface area contributed by atoms with Crippen LogP contribution in [-0.2, 0) is 0 Å². The van der Waals surface area contributed by atoms with Gasteiger partial charge in [0.2, 0.25) is 0 Å². The fraction of sp³-hybridized carbons (Fsp3) is 0.840. The highest BCUT2D eigenvalue weighted by molar-refractivity contribution is 5.20. The molecule has 0 bridgehead atoms. The Morgan fingerprint density at radius 2 is 1.93 bits per heavy atom. The first-order valence-electron chi connectivity index (χ1n) is 11.3. The molecule has 4 rings (SSSR count). The van der Waals surface area contributed by atoms with Crippen LogP contribution in [0.3, 0.4) is 0 Å². The molecule has 3 saturated carbocycles. The van der Waals surface area contributed by atoms with Crippen LogP contribution in [0.5, 0.6) is 0 Å². The smallest absolute Gasteiger partial charge is 0.0645 e. The van der Waals surface area contributed by atoms with Crippen LogP contribution < -0.4 is 0 Å². The molecule has 4 aliphatic rings. The zero-order chi connectivity index (χ0) is 19.6. The van der Waals surface area contributed by atoms with Crippen molar-refractivity contribution in [1.82, 2.24) is 0 Å². The van der Waals surface area contributed by atoms with Crippen LogP contribution in [0.25, 0.3) is 0 Å². The lowest BCUT2D eigenvalue weighted by atomic mass is 9.49. The predicted molar refractivity (Wildman–Crippen MR) is 111 cm³/mol. The summed E-state index contributed by atoms with van der Waals surface area (Å²) < 4.78 is 0. The summed E-state index contributed by atoms with van der Waals surface area (Å²) in [6.07, 6.45) is 10.6. The molecule has 0 amide bonds. The second-order valence-corrected chi connectivity index (χ2v) is 11.3. The third kappa shape index (κ3) is 2.97. The number of fused-ring (bicyclic) bond motifs is 4. The van der Waals surface area contributed by atoms with Crippen molar-refractivity contribution >= 4 is 0 Å². The molecule has 4 aliphatic carbocycles. The van der Waals surface area contributed by atoms with E-state index in [-0.39, 0.29) is 18.6 Å². The highest BCUT2D eigenvalue weighted by Crippen LogP contribution is 2.66. The first-order valence-corrected chi connectivity index (χ1v) is 11.3. The van der Waals surface area contributed by atoms with Crippen molar-refractivity contribution in [1.29, 1.82) is 0 Å². The van der Waals surface area contributed by atoms with Crippen molar-refractivity contribution in [3.8, 4) is 0 Å². The summed E-state index contributed by atoms with van der Waals surface area (Å²) in [5.41, 5.74) is 3.31. The number of hydrogen-bond acceptors (Lipinski definition) is 2. The van der Waals surface area contributed by atoms with Crippen LogP contribution in [0.2, 0.25) is 0 Å². The van der Waals surface area contributed by atoms with E-state index in [0.29, 0.717) is 34.5 Å². The quantitative estimate of drug-likeness (QED) is 0.641. The summed E-state index contributed by atoms with van der Waals surface area (Å²) in [4.78, 5) is 0. The third-order valence-electron chi connectivity index (χ3n) is 9.66. The molecule has 0 saturated heterocycles. The molecule has 0 spiro atoms. The second kappa shape index (κ2) is 6.73. The van der Waals surface area contributed by atoms with Crippen molar-refractivity contribution in [3.63, 3.8) is 0 Å². The van der Waals surface area contributed by atoms with E-state index in [9.17, 15) is 10.2 Å². The Morgan fingerprint density at radius 1 is 1.22 bits per heavy atom. The van der Waals surface area contributed by atoms with Gasteiger partial charge in [-0.15, -0.1) is 0 Å². The van der Waals surface area contributed by atoms with Gasteiger partial charge in [0.15, 0.2) is 0 Å². The topological polar surface area (TPSA) is 40.5 Å². The molecule has 9 atom stereocenters. The minimum atomic E-state index is -0.271. The highest BCUT2D eigenvalue weighted by Gasteiger charge is 2.58. The van der Waals surface area contributed by atoms with E-state index in [1.807, 2.05) is 0 Å². The lowest BCUT2D eigenvalue weighted by Crippen LogP contribution is -2.48. The molecule has 2 nitrogen and oxygen atoms in total. The second-order valence-electron chi connectivity index (χ2n) is 11.3. The van der Waals surface area contributed by atoms with Gasteiger partial charge in [-0.2, -0.15) is 0 Å². The SMILES string of the molecule is C=C(C)[C@H]1CC[C@@]2(C)CC[C@]3(C)C[C@@H]4[C@H](/C(CO)=C\C[C@H]3[C@H]12)[C@H](O)C[C@@H]4C. The third-order valence-corrected chi connectivity index (χ3v) is 9.66. The summed E-state index contributed by atoms with van der Waals surface area (Å²) in [7, 11) is 0. The Hall–Kier alpha value is -0.600. The fourth-order valence-corrected chi connectivity index (χ4v) is 8.12. The standard InChI is InChI=1S/C25H40O2/c1-15(2)18-8-9-24(4)10-11-25(5)13-19-16(3)12-21(27)22(19)17(14-26)6-7-20(25)23(18)24/h6,16,18-23,26-27H,1,7-14H2,2-5H3/b17-6-/t16-,18+,19-,20-,21+,22-,23-,24-,25+/m0/s1. The summed E-state index contributed by atoms with van der Waals surface area (Å²) in [5.74, 6) is 3.30. The summed E-state index contributed by atoms with van der Waals surface area (Å²) in [6.45, 7) is 14.1. The van der Waals surface area contributed by atoms with Gasteiger partial charge in [-0.3, -0.25) is 0 Å². The molecular weight excluding hydrogens is 332 g/mol. The maximum Gasteiger partial charge on any atom is 0.0645 e. The van der Waals surface area contributed by atoms with Crippen LogP contribution in [0.1, 0.15) is 72.6 Å². The molecule has 0 radical (unpaired) electrons. The van der Waals surface area contributed by atoms with E-state index in [4.69, 9.17) is 0 Å². The lowest BCUT2D eigenvalue weighted by Gasteiger charge is -2.56. The van der Waals surface area contributed by atoms with Gasteiger partial charge in [-0.05, 0) is 97.9 Å². The number of aliphatic hydroxyl groups is 2. The van der Waals surface area contributed by atoms with Crippen LogP contribution in [0.4, 0.5) is 0 Å². The van der Waals surface area contributed by atoms with E-state index in [1.54, 1.807) is 0 Å². The predicted octanol–water partition coefficient (Wildman–Crippen LogP) is 5.36. The molecule has 2 N–H and O–H groups in total. The minimum Gasteiger partial charge on any atom is -0.392 e. The molecule has 0 aromatic rings.